The molecule has 1 aliphatic heterocycles. The summed E-state index contributed by atoms with van der Waals surface area (Å²) in [7, 11) is 4.32. The van der Waals surface area contributed by atoms with Crippen LogP contribution in [0.5, 0.6) is 0 Å². The molecule has 0 amide bonds. The minimum absolute atomic E-state index is 0.0171. The smallest absolute Gasteiger partial charge is 0.309 e. The molecule has 300 valence electrons. The first kappa shape index (κ1) is 40.9. The van der Waals surface area contributed by atoms with Crippen molar-refractivity contribution >= 4 is 17.7 Å². The van der Waals surface area contributed by atoms with Gasteiger partial charge in [-0.25, -0.2) is 0 Å². The third kappa shape index (κ3) is 6.89. The number of carboxylic acid groups (broad SMARTS) is 1. The summed E-state index contributed by atoms with van der Waals surface area (Å²) in [4.78, 5) is 44.0. The van der Waals surface area contributed by atoms with Crippen LogP contribution in [-0.2, 0) is 23.9 Å². The quantitative estimate of drug-likeness (QED) is 0.189. The molecular formula is C45H74N2O6. The number of aliphatic carboxylic acids is 1. The summed E-state index contributed by atoms with van der Waals surface area (Å²) in [6.45, 7) is 26.2. The van der Waals surface area contributed by atoms with Crippen LogP contribution in [-0.4, -0.2) is 92.2 Å². The minimum atomic E-state index is -1.14. The van der Waals surface area contributed by atoms with Crippen molar-refractivity contribution in [2.45, 2.75) is 139 Å². The van der Waals surface area contributed by atoms with E-state index in [1.807, 2.05) is 0 Å². The first-order chi connectivity index (χ1) is 24.6. The number of fused-ring (bicyclic) bond motifs is 7. The molecule has 0 bridgehead atoms. The molecule has 0 aromatic carbocycles. The van der Waals surface area contributed by atoms with Crippen molar-refractivity contribution in [1.82, 2.24) is 9.80 Å². The van der Waals surface area contributed by atoms with Crippen LogP contribution in [0.1, 0.15) is 133 Å². The lowest BCUT2D eigenvalue weighted by Crippen LogP contribution is -2.65. The molecule has 1 heterocycles. The number of nitrogens with zero attached hydrogens (tertiary/aromatic N) is 2. The van der Waals surface area contributed by atoms with Crippen LogP contribution in [0, 0.1) is 62.1 Å². The molecule has 0 aromatic heterocycles. The first-order valence-corrected chi connectivity index (χ1v) is 21.3. The number of hydrogen-bond donors (Lipinski definition) is 1. The third-order valence-corrected chi connectivity index (χ3v) is 16.9. The molecule has 4 saturated carbocycles. The first-order valence-electron chi connectivity index (χ1n) is 21.3. The highest BCUT2D eigenvalue weighted by molar-refractivity contribution is 6.00. The Kier molecular flexibility index (Phi) is 11.0. The van der Waals surface area contributed by atoms with E-state index in [4.69, 9.17) is 9.47 Å². The van der Waals surface area contributed by atoms with Crippen molar-refractivity contribution in [2.24, 2.45) is 62.1 Å². The molecule has 8 unspecified atom stereocenters. The molecule has 6 aliphatic rings. The zero-order valence-electron chi connectivity index (χ0n) is 35.4. The molecule has 8 heteroatoms. The van der Waals surface area contributed by atoms with Gasteiger partial charge in [0.2, 0.25) is 0 Å². The average molecular weight is 739 g/mol. The predicted octanol–water partition coefficient (Wildman–Crippen LogP) is 8.28. The van der Waals surface area contributed by atoms with E-state index < -0.39 is 17.4 Å². The maximum absolute atomic E-state index is 14.2. The summed E-state index contributed by atoms with van der Waals surface area (Å²) >= 11 is 0. The van der Waals surface area contributed by atoms with Crippen LogP contribution in [0.4, 0.5) is 0 Å². The molecule has 0 radical (unpaired) electrons. The molecule has 8 nitrogen and oxygen atoms in total. The second-order valence-corrected chi connectivity index (χ2v) is 21.4. The minimum Gasteiger partial charge on any atom is -0.481 e. The average Bonchev–Trinajstić information content (AvgIpc) is 3.33. The third-order valence-electron chi connectivity index (χ3n) is 16.9. The molecule has 8 atom stereocenters. The molecule has 1 saturated heterocycles. The molecule has 6 rings (SSSR count). The van der Waals surface area contributed by atoms with Crippen molar-refractivity contribution in [3.05, 3.63) is 11.1 Å². The summed E-state index contributed by atoms with van der Waals surface area (Å²) in [5.74, 6) is 1.36. The van der Waals surface area contributed by atoms with Crippen LogP contribution >= 0.6 is 0 Å². The van der Waals surface area contributed by atoms with Gasteiger partial charge in [-0.3, -0.25) is 14.4 Å². The number of esters is 1. The van der Waals surface area contributed by atoms with Gasteiger partial charge in [-0.1, -0.05) is 54.0 Å². The Bertz CT molecular complexity index is 1460. The van der Waals surface area contributed by atoms with E-state index in [1.54, 1.807) is 19.4 Å². The van der Waals surface area contributed by atoms with Gasteiger partial charge in [-0.05, 0) is 138 Å². The fourth-order valence-corrected chi connectivity index (χ4v) is 13.6. The van der Waals surface area contributed by atoms with Crippen LogP contribution in [0.2, 0.25) is 0 Å². The van der Waals surface area contributed by atoms with Crippen molar-refractivity contribution < 1.29 is 29.0 Å². The second kappa shape index (κ2) is 14.3. The Hall–Kier alpha value is -1.77. The Morgan fingerprint density at radius 1 is 0.906 bits per heavy atom. The van der Waals surface area contributed by atoms with Gasteiger partial charge in [0.05, 0.1) is 25.0 Å². The summed E-state index contributed by atoms with van der Waals surface area (Å²) < 4.78 is 11.8. The zero-order chi connectivity index (χ0) is 38.9. The zero-order valence-corrected chi connectivity index (χ0v) is 35.4. The summed E-state index contributed by atoms with van der Waals surface area (Å²) in [5.41, 5.74) is 1.80. The van der Waals surface area contributed by atoms with Gasteiger partial charge in [-0.15, -0.1) is 0 Å². The Labute approximate surface area is 321 Å². The number of carbonyl (C=O) groups excluding carboxylic acids is 2. The number of rotatable bonds is 13. The number of carboxylic acids is 1. The monoisotopic (exact) mass is 739 g/mol. The lowest BCUT2D eigenvalue weighted by atomic mass is 9.33. The van der Waals surface area contributed by atoms with Crippen molar-refractivity contribution in [3.8, 4) is 0 Å². The van der Waals surface area contributed by atoms with E-state index in [0.29, 0.717) is 35.9 Å². The number of hydrogen-bond acceptors (Lipinski definition) is 7. The predicted molar refractivity (Wildman–Crippen MR) is 209 cm³/mol. The SMILES string of the molecule is CC(C)C1=C2C3CCC4C5(C)CCC(OC(=O)CC(C)(C)C(=O)O)C(C)(C)C5CCC4(C)C3(C)CCC2(CCN(CCN(C)C)CC2COC2)CC1=O. The standard InChI is InChI=1S/C45H74N2O6/c1-29(2)37-32(48)24-45(20-21-47(23-22-46(10)11)26-30-27-52-28-30)19-18-43(8)31(38(37)45)12-13-34-42(7)16-15-35(53-36(49)25-40(3,4)39(50)51)41(5,6)33(42)14-17-44(34,43)9/h29-31,33-35H,12-28H2,1-11H3,(H,50,51). The van der Waals surface area contributed by atoms with Crippen molar-refractivity contribution in [1.29, 1.82) is 0 Å². The largest absolute Gasteiger partial charge is 0.481 e. The van der Waals surface area contributed by atoms with Gasteiger partial charge in [0.1, 0.15) is 6.10 Å². The molecule has 1 N–H and O–H groups in total. The van der Waals surface area contributed by atoms with E-state index >= 15 is 0 Å². The fourth-order valence-electron chi connectivity index (χ4n) is 13.6. The van der Waals surface area contributed by atoms with Gasteiger partial charge in [0.25, 0.3) is 0 Å². The molecule has 5 fully saturated rings. The Morgan fingerprint density at radius 3 is 2.21 bits per heavy atom. The van der Waals surface area contributed by atoms with Crippen LogP contribution in [0.15, 0.2) is 11.1 Å². The number of Topliss-reactive ketones (excluding diaryl/α,β-unsaturated/α-hetero) is 1. The maximum Gasteiger partial charge on any atom is 0.309 e. The lowest BCUT2D eigenvalue weighted by Gasteiger charge is -2.72. The molecule has 5 aliphatic carbocycles. The highest BCUT2D eigenvalue weighted by atomic mass is 16.5. The van der Waals surface area contributed by atoms with Gasteiger partial charge >= 0.3 is 11.9 Å². The number of ether oxygens (including phenoxy) is 2. The van der Waals surface area contributed by atoms with E-state index in [2.05, 4.69) is 72.4 Å². The molecule has 53 heavy (non-hydrogen) atoms. The van der Waals surface area contributed by atoms with Gasteiger partial charge < -0.3 is 24.4 Å². The van der Waals surface area contributed by atoms with Gasteiger partial charge in [0.15, 0.2) is 5.78 Å². The second-order valence-electron chi connectivity index (χ2n) is 21.4. The van der Waals surface area contributed by atoms with Crippen LogP contribution in [0.25, 0.3) is 0 Å². The van der Waals surface area contributed by atoms with Crippen LogP contribution < -0.4 is 0 Å². The highest BCUT2D eigenvalue weighted by Crippen LogP contribution is 2.77. The van der Waals surface area contributed by atoms with Crippen molar-refractivity contribution in [3.63, 3.8) is 0 Å². The molecule has 0 aromatic rings. The highest BCUT2D eigenvalue weighted by Gasteiger charge is 2.70. The summed E-state index contributed by atoms with van der Waals surface area (Å²) in [6, 6.07) is 0. The Morgan fingerprint density at radius 2 is 1.60 bits per heavy atom. The molecular weight excluding hydrogens is 665 g/mol. The topological polar surface area (TPSA) is 96.4 Å². The van der Waals surface area contributed by atoms with Crippen molar-refractivity contribution in [2.75, 3.05) is 53.5 Å². The number of ketones is 1. The maximum atomic E-state index is 14.2. The normalized spacial score (nSPS) is 38.3. The number of carbonyl (C=O) groups is 3. The number of likely N-dealkylation sites (N-methyl/N-ethyl adjacent to an activating group) is 1. The fraction of sp³-hybridized carbons (Fsp3) is 0.889. The van der Waals surface area contributed by atoms with E-state index in [-0.39, 0.29) is 45.5 Å². The van der Waals surface area contributed by atoms with Gasteiger partial charge in [-0.2, -0.15) is 0 Å². The van der Waals surface area contributed by atoms with Crippen LogP contribution in [0.3, 0.4) is 0 Å². The Balaban J connectivity index is 1.25. The van der Waals surface area contributed by atoms with E-state index in [0.717, 1.165) is 84.3 Å². The summed E-state index contributed by atoms with van der Waals surface area (Å²) in [6.07, 6.45) is 10.2. The summed E-state index contributed by atoms with van der Waals surface area (Å²) in [5, 5.41) is 9.63. The van der Waals surface area contributed by atoms with Gasteiger partial charge in [0, 0.05) is 42.8 Å². The lowest BCUT2D eigenvalue weighted by molar-refractivity contribution is -0.233. The number of allylic oxidation sites excluding steroid dienone is 2. The van der Waals surface area contributed by atoms with E-state index in [9.17, 15) is 19.5 Å². The van der Waals surface area contributed by atoms with E-state index in [1.165, 1.54) is 18.4 Å². The molecule has 0 spiro atoms.